The third-order valence-corrected chi connectivity index (χ3v) is 5.97. The topological polar surface area (TPSA) is 85.9 Å². The molecule has 7 heteroatoms. The molecule has 1 heterocycles. The number of ether oxygens (including phenoxy) is 3. The van der Waals surface area contributed by atoms with E-state index in [-0.39, 0.29) is 11.7 Å². The van der Waals surface area contributed by atoms with E-state index in [9.17, 15) is 9.59 Å². The number of hydrogen-bond donors (Lipinski definition) is 2. The monoisotopic (exact) mass is 422 g/mol. The first-order valence-electron chi connectivity index (χ1n) is 10.2. The molecule has 0 saturated carbocycles. The summed E-state index contributed by atoms with van der Waals surface area (Å²) in [6, 6.07) is 12.8. The van der Waals surface area contributed by atoms with Crippen LogP contribution in [-0.4, -0.2) is 33.1 Å². The molecule has 162 valence electrons. The number of methoxy groups -OCH3 is 3. The van der Waals surface area contributed by atoms with Crippen LogP contribution in [0.4, 0.5) is 11.4 Å². The number of hydrogen-bond acceptors (Lipinski definition) is 7. The van der Waals surface area contributed by atoms with Gasteiger partial charge in [0, 0.05) is 16.8 Å². The van der Waals surface area contributed by atoms with Gasteiger partial charge in [0.1, 0.15) is 5.92 Å². The van der Waals surface area contributed by atoms with Crippen LogP contribution in [0.2, 0.25) is 0 Å². The number of carbonyl (C=O) groups excluding carboxylic acids is 2. The van der Waals surface area contributed by atoms with Crippen molar-refractivity contribution in [2.45, 2.75) is 19.4 Å². The molecule has 0 spiro atoms. The fourth-order valence-electron chi connectivity index (χ4n) is 4.51. The predicted octanol–water partition coefficient (Wildman–Crippen LogP) is 3.93. The van der Waals surface area contributed by atoms with Crippen molar-refractivity contribution in [1.29, 1.82) is 0 Å². The lowest BCUT2D eigenvalue weighted by Crippen LogP contribution is -2.39. The van der Waals surface area contributed by atoms with Gasteiger partial charge in [0.15, 0.2) is 17.3 Å². The van der Waals surface area contributed by atoms with Crippen molar-refractivity contribution in [1.82, 2.24) is 0 Å². The van der Waals surface area contributed by atoms with E-state index in [0.29, 0.717) is 23.5 Å². The van der Waals surface area contributed by atoms with E-state index in [1.807, 2.05) is 49.4 Å². The maximum Gasteiger partial charge on any atom is 0.316 e. The first kappa shape index (κ1) is 20.8. The molecule has 2 aliphatic rings. The van der Waals surface area contributed by atoms with Crippen molar-refractivity contribution in [3.05, 3.63) is 59.3 Å². The Balaban J connectivity index is 1.93. The Bertz CT molecular complexity index is 1060. The predicted molar refractivity (Wildman–Crippen MR) is 117 cm³/mol. The Kier molecular flexibility index (Phi) is 5.59. The van der Waals surface area contributed by atoms with Gasteiger partial charge in [-0.25, -0.2) is 0 Å². The minimum atomic E-state index is -0.854. The lowest BCUT2D eigenvalue weighted by molar-refractivity contribution is -0.151. The highest BCUT2D eigenvalue weighted by Gasteiger charge is 2.45. The zero-order valence-electron chi connectivity index (χ0n) is 18.0. The van der Waals surface area contributed by atoms with Crippen LogP contribution in [-0.2, 0) is 14.3 Å². The number of allylic oxidation sites excluding steroid dienone is 1. The van der Waals surface area contributed by atoms with Gasteiger partial charge in [0.25, 0.3) is 0 Å². The summed E-state index contributed by atoms with van der Waals surface area (Å²) >= 11 is 0. The summed E-state index contributed by atoms with van der Waals surface area (Å²) in [7, 11) is 4.46. The van der Waals surface area contributed by atoms with Gasteiger partial charge in [-0.3, -0.25) is 9.59 Å². The Morgan fingerprint density at radius 1 is 1.00 bits per heavy atom. The van der Waals surface area contributed by atoms with Crippen molar-refractivity contribution < 1.29 is 23.8 Å². The molecule has 7 nitrogen and oxygen atoms in total. The highest BCUT2D eigenvalue weighted by molar-refractivity contribution is 6.11. The van der Waals surface area contributed by atoms with Crippen LogP contribution >= 0.6 is 0 Å². The molecule has 0 fully saturated rings. The number of esters is 1. The molecule has 2 N–H and O–H groups in total. The highest BCUT2D eigenvalue weighted by atomic mass is 16.5. The second kappa shape index (κ2) is 8.34. The van der Waals surface area contributed by atoms with Crippen molar-refractivity contribution in [2.24, 2.45) is 11.8 Å². The Labute approximate surface area is 181 Å². The third-order valence-electron chi connectivity index (χ3n) is 5.97. The van der Waals surface area contributed by atoms with Gasteiger partial charge in [0.2, 0.25) is 0 Å². The third kappa shape index (κ3) is 3.50. The van der Waals surface area contributed by atoms with Crippen LogP contribution in [0.25, 0.3) is 0 Å². The summed E-state index contributed by atoms with van der Waals surface area (Å²) in [6.07, 6.45) is 0.541. The summed E-state index contributed by atoms with van der Waals surface area (Å²) in [4.78, 5) is 26.2. The van der Waals surface area contributed by atoms with E-state index < -0.39 is 17.9 Å². The van der Waals surface area contributed by atoms with Crippen LogP contribution in [0.1, 0.15) is 24.9 Å². The molecule has 0 bridgehead atoms. The minimum Gasteiger partial charge on any atom is -0.493 e. The average Bonchev–Trinajstić information content (AvgIpc) is 2.94. The van der Waals surface area contributed by atoms with Crippen LogP contribution in [0.3, 0.4) is 0 Å². The number of ketones is 1. The molecule has 31 heavy (non-hydrogen) atoms. The van der Waals surface area contributed by atoms with Crippen LogP contribution in [0.15, 0.2) is 53.7 Å². The zero-order chi connectivity index (χ0) is 22.1. The van der Waals surface area contributed by atoms with E-state index in [0.717, 1.165) is 22.6 Å². The second-order valence-electron chi connectivity index (χ2n) is 7.77. The number of carbonyl (C=O) groups is 2. The molecule has 2 aromatic rings. The SMILES string of the molecule is COC(=O)[C@H]1C(=O)C2=C(C[C@@H]1C)Nc1ccccc1N[C@@H]2c1cccc(OC)c1OC. The molecule has 0 saturated heterocycles. The Morgan fingerprint density at radius 2 is 1.74 bits per heavy atom. The summed E-state index contributed by atoms with van der Waals surface area (Å²) in [5.41, 5.74) is 3.78. The average molecular weight is 422 g/mol. The van der Waals surface area contributed by atoms with Crippen molar-refractivity contribution in [3.8, 4) is 11.5 Å². The van der Waals surface area contributed by atoms with E-state index >= 15 is 0 Å². The second-order valence-corrected chi connectivity index (χ2v) is 7.77. The zero-order valence-corrected chi connectivity index (χ0v) is 18.0. The molecule has 0 amide bonds. The van der Waals surface area contributed by atoms with Crippen molar-refractivity contribution in [2.75, 3.05) is 32.0 Å². The van der Waals surface area contributed by atoms with Gasteiger partial charge >= 0.3 is 5.97 Å². The fourth-order valence-corrected chi connectivity index (χ4v) is 4.51. The molecule has 0 aromatic heterocycles. The van der Waals surface area contributed by atoms with E-state index in [2.05, 4.69) is 10.6 Å². The maximum atomic E-state index is 13.7. The Hall–Kier alpha value is -3.48. The fraction of sp³-hybridized carbons (Fsp3) is 0.333. The van der Waals surface area contributed by atoms with Gasteiger partial charge in [-0.05, 0) is 30.5 Å². The van der Waals surface area contributed by atoms with Gasteiger partial charge in [0.05, 0.1) is 38.7 Å². The number of Topliss-reactive ketones (excluding diaryl/α,β-unsaturated/α-hetero) is 1. The number of para-hydroxylation sites is 3. The summed E-state index contributed by atoms with van der Waals surface area (Å²) < 4.78 is 16.1. The molecule has 1 aliphatic carbocycles. The summed E-state index contributed by atoms with van der Waals surface area (Å²) in [5.74, 6) is -0.701. The maximum absolute atomic E-state index is 13.7. The normalized spacial score (nSPS) is 22.3. The van der Waals surface area contributed by atoms with Gasteiger partial charge in [-0.1, -0.05) is 31.2 Å². The van der Waals surface area contributed by atoms with E-state index in [1.165, 1.54) is 7.11 Å². The highest BCUT2D eigenvalue weighted by Crippen LogP contribution is 2.47. The first-order valence-corrected chi connectivity index (χ1v) is 10.2. The van der Waals surface area contributed by atoms with E-state index in [4.69, 9.17) is 14.2 Å². The number of fused-ring (bicyclic) bond motifs is 1. The largest absolute Gasteiger partial charge is 0.493 e. The van der Waals surface area contributed by atoms with E-state index in [1.54, 1.807) is 14.2 Å². The molecule has 2 aromatic carbocycles. The number of benzene rings is 2. The van der Waals surface area contributed by atoms with Gasteiger partial charge in [-0.15, -0.1) is 0 Å². The molecule has 4 rings (SSSR count). The molecular weight excluding hydrogens is 396 g/mol. The lowest BCUT2D eigenvalue weighted by atomic mass is 9.74. The molecule has 0 radical (unpaired) electrons. The lowest BCUT2D eigenvalue weighted by Gasteiger charge is -2.33. The van der Waals surface area contributed by atoms with Gasteiger partial charge in [-0.2, -0.15) is 0 Å². The van der Waals surface area contributed by atoms with Crippen LogP contribution in [0.5, 0.6) is 11.5 Å². The molecule has 3 atom stereocenters. The number of nitrogens with one attached hydrogen (secondary N) is 2. The van der Waals surface area contributed by atoms with Crippen LogP contribution < -0.4 is 20.1 Å². The molecule has 1 aliphatic heterocycles. The quantitative estimate of drug-likeness (QED) is 0.570. The number of anilines is 2. The molecular formula is C24H26N2O5. The van der Waals surface area contributed by atoms with Crippen molar-refractivity contribution in [3.63, 3.8) is 0 Å². The smallest absolute Gasteiger partial charge is 0.316 e. The summed E-state index contributed by atoms with van der Waals surface area (Å²) in [6.45, 7) is 1.90. The number of rotatable bonds is 4. The van der Waals surface area contributed by atoms with Crippen LogP contribution in [0, 0.1) is 11.8 Å². The first-order chi connectivity index (χ1) is 15.0. The Morgan fingerprint density at radius 3 is 2.42 bits per heavy atom. The minimum absolute atomic E-state index is 0.190. The molecule has 0 unspecified atom stereocenters. The summed E-state index contributed by atoms with van der Waals surface area (Å²) in [5, 5.41) is 6.93. The van der Waals surface area contributed by atoms with Crippen molar-refractivity contribution >= 4 is 23.1 Å². The standard InChI is InChI=1S/C24H26N2O5/c1-13-12-17-20(22(27)19(13)24(28)31-4)21(26-16-10-6-5-9-15(16)25-17)14-8-7-11-18(29-2)23(14)30-3/h5-11,13,19,21,25-26H,12H2,1-4H3/t13-,19+,21+/m0/s1. The van der Waals surface area contributed by atoms with Gasteiger partial charge < -0.3 is 24.8 Å².